The van der Waals surface area contributed by atoms with Crippen LogP contribution >= 0.6 is 0 Å². The molecule has 2 aliphatic rings. The molecule has 5 nitrogen and oxygen atoms in total. The molecule has 22 heavy (non-hydrogen) atoms. The zero-order valence-corrected chi connectivity index (χ0v) is 12.7. The minimum Gasteiger partial charge on any atom is -0.481 e. The lowest BCUT2D eigenvalue weighted by Crippen LogP contribution is -2.49. The van der Waals surface area contributed by atoms with Gasteiger partial charge in [0.15, 0.2) is 5.41 Å². The van der Waals surface area contributed by atoms with Gasteiger partial charge in [0, 0.05) is 13.1 Å². The molecule has 2 rings (SSSR count). The van der Waals surface area contributed by atoms with Gasteiger partial charge in [-0.1, -0.05) is 6.92 Å². The molecule has 0 aromatic rings. The average molecular weight is 323 g/mol. The van der Waals surface area contributed by atoms with Crippen molar-refractivity contribution < 1.29 is 32.6 Å². The number of aliphatic carboxylic acids is 1. The molecule has 2 saturated heterocycles. The summed E-state index contributed by atoms with van der Waals surface area (Å²) in [5.41, 5.74) is -2.86. The average Bonchev–Trinajstić information content (AvgIpc) is 2.92. The van der Waals surface area contributed by atoms with Crippen LogP contribution < -0.4 is 0 Å². The minimum absolute atomic E-state index is 0.117. The fourth-order valence-electron chi connectivity index (χ4n) is 3.43. The number of likely N-dealkylation sites (tertiary alicyclic amines) is 1. The molecule has 126 valence electrons. The first kappa shape index (κ1) is 17.1. The van der Waals surface area contributed by atoms with Crippen molar-refractivity contribution in [2.24, 2.45) is 17.3 Å². The molecule has 0 spiro atoms. The lowest BCUT2D eigenvalue weighted by Gasteiger charge is -2.29. The lowest BCUT2D eigenvalue weighted by molar-refractivity contribution is -0.227. The largest absolute Gasteiger partial charge is 0.481 e. The Morgan fingerprint density at radius 2 is 1.82 bits per heavy atom. The molecular weight excluding hydrogens is 303 g/mol. The fraction of sp³-hybridized carbons (Fsp3) is 0.857. The van der Waals surface area contributed by atoms with E-state index in [2.05, 4.69) is 0 Å². The van der Waals surface area contributed by atoms with Crippen LogP contribution in [0.4, 0.5) is 13.2 Å². The van der Waals surface area contributed by atoms with Crippen LogP contribution in [0.25, 0.3) is 0 Å². The maximum absolute atomic E-state index is 13.2. The summed E-state index contributed by atoms with van der Waals surface area (Å²) in [6, 6.07) is 0. The predicted molar refractivity (Wildman–Crippen MR) is 70.0 cm³/mol. The van der Waals surface area contributed by atoms with E-state index in [0.717, 1.165) is 4.90 Å². The van der Waals surface area contributed by atoms with Crippen molar-refractivity contribution in [2.75, 3.05) is 13.1 Å². The molecule has 2 fully saturated rings. The third kappa shape index (κ3) is 2.47. The van der Waals surface area contributed by atoms with E-state index in [1.807, 2.05) is 13.8 Å². The van der Waals surface area contributed by atoms with Crippen LogP contribution in [0.1, 0.15) is 27.2 Å². The molecule has 8 heteroatoms. The summed E-state index contributed by atoms with van der Waals surface area (Å²) in [4.78, 5) is 24.7. The van der Waals surface area contributed by atoms with Gasteiger partial charge in [0.05, 0.1) is 18.1 Å². The maximum atomic E-state index is 13.2. The molecule has 0 aliphatic carbocycles. The Kier molecular flexibility index (Phi) is 4.18. The summed E-state index contributed by atoms with van der Waals surface area (Å²) in [7, 11) is 0. The smallest absolute Gasteiger partial charge is 0.406 e. The van der Waals surface area contributed by atoms with Crippen molar-refractivity contribution in [2.45, 2.75) is 45.6 Å². The summed E-state index contributed by atoms with van der Waals surface area (Å²) in [6.45, 7) is 4.33. The summed E-state index contributed by atoms with van der Waals surface area (Å²) in [6.07, 6.45) is -6.03. The second-order valence-electron chi connectivity index (χ2n) is 6.33. The van der Waals surface area contributed by atoms with Gasteiger partial charge in [-0.2, -0.15) is 13.2 Å². The van der Waals surface area contributed by atoms with Gasteiger partial charge >= 0.3 is 12.1 Å². The van der Waals surface area contributed by atoms with Crippen molar-refractivity contribution in [1.29, 1.82) is 0 Å². The molecule has 1 amide bonds. The molecule has 0 aromatic carbocycles. The third-order valence-corrected chi connectivity index (χ3v) is 5.06. The minimum atomic E-state index is -4.88. The molecule has 2 heterocycles. The molecule has 0 saturated carbocycles. The SMILES string of the molecule is CC1OC(C)C(C(=O)N2CCC(C(=O)O)(C(F)(F)F)C2)C1C. The number of nitrogens with zero attached hydrogens (tertiary/aromatic N) is 1. The zero-order chi connectivity index (χ0) is 16.9. The summed E-state index contributed by atoms with van der Waals surface area (Å²) in [5, 5.41) is 9.03. The quantitative estimate of drug-likeness (QED) is 0.843. The van der Waals surface area contributed by atoms with Gasteiger partial charge in [0.1, 0.15) is 0 Å². The number of carbonyl (C=O) groups is 2. The van der Waals surface area contributed by atoms with Crippen molar-refractivity contribution in [3.63, 3.8) is 0 Å². The summed E-state index contributed by atoms with van der Waals surface area (Å²) in [5.74, 6) is -3.02. The van der Waals surface area contributed by atoms with Gasteiger partial charge in [-0.3, -0.25) is 9.59 Å². The molecule has 0 radical (unpaired) electrons. The number of ether oxygens (including phenoxy) is 1. The zero-order valence-electron chi connectivity index (χ0n) is 12.7. The highest BCUT2D eigenvalue weighted by molar-refractivity contribution is 5.83. The first-order valence-corrected chi connectivity index (χ1v) is 7.25. The van der Waals surface area contributed by atoms with Crippen LogP contribution in [0.15, 0.2) is 0 Å². The maximum Gasteiger partial charge on any atom is 0.406 e. The predicted octanol–water partition coefficient (Wildman–Crippen LogP) is 1.91. The third-order valence-electron chi connectivity index (χ3n) is 5.06. The second kappa shape index (κ2) is 5.40. The van der Waals surface area contributed by atoms with Crippen molar-refractivity contribution in [3.05, 3.63) is 0 Å². The lowest BCUT2D eigenvalue weighted by atomic mass is 9.86. The Labute approximate surface area is 126 Å². The molecule has 5 unspecified atom stereocenters. The Balaban J connectivity index is 2.19. The van der Waals surface area contributed by atoms with E-state index in [1.54, 1.807) is 6.92 Å². The van der Waals surface area contributed by atoms with E-state index < -0.39 is 42.4 Å². The molecule has 5 atom stereocenters. The number of carboxylic acids is 1. The molecule has 0 bridgehead atoms. The summed E-state index contributed by atoms with van der Waals surface area (Å²) < 4.78 is 45.0. The van der Waals surface area contributed by atoms with Gasteiger partial charge in [-0.05, 0) is 26.2 Å². The topological polar surface area (TPSA) is 66.8 Å². The van der Waals surface area contributed by atoms with Crippen molar-refractivity contribution in [1.82, 2.24) is 4.90 Å². The van der Waals surface area contributed by atoms with E-state index in [1.165, 1.54) is 0 Å². The Hall–Kier alpha value is -1.31. The van der Waals surface area contributed by atoms with Crippen molar-refractivity contribution in [3.8, 4) is 0 Å². The van der Waals surface area contributed by atoms with E-state index in [9.17, 15) is 22.8 Å². The van der Waals surface area contributed by atoms with Crippen molar-refractivity contribution >= 4 is 11.9 Å². The van der Waals surface area contributed by atoms with Gasteiger partial charge in [0.2, 0.25) is 5.91 Å². The van der Waals surface area contributed by atoms with Crippen LogP contribution in [-0.4, -0.2) is 53.4 Å². The van der Waals surface area contributed by atoms with Gasteiger partial charge in [0.25, 0.3) is 0 Å². The van der Waals surface area contributed by atoms with Gasteiger partial charge < -0.3 is 14.7 Å². The van der Waals surface area contributed by atoms with Crippen LogP contribution in [-0.2, 0) is 14.3 Å². The Morgan fingerprint density at radius 3 is 2.18 bits per heavy atom. The number of carboxylic acid groups (broad SMARTS) is 1. The number of hydrogen-bond acceptors (Lipinski definition) is 3. The van der Waals surface area contributed by atoms with E-state index in [-0.39, 0.29) is 24.7 Å². The highest BCUT2D eigenvalue weighted by Gasteiger charge is 2.64. The Morgan fingerprint density at radius 1 is 1.23 bits per heavy atom. The highest BCUT2D eigenvalue weighted by Crippen LogP contribution is 2.46. The van der Waals surface area contributed by atoms with Gasteiger partial charge in [-0.25, -0.2) is 0 Å². The van der Waals surface area contributed by atoms with Crippen LogP contribution in [0.5, 0.6) is 0 Å². The highest BCUT2D eigenvalue weighted by atomic mass is 19.4. The van der Waals surface area contributed by atoms with Crippen LogP contribution in [0.2, 0.25) is 0 Å². The van der Waals surface area contributed by atoms with E-state index in [0.29, 0.717) is 0 Å². The van der Waals surface area contributed by atoms with E-state index in [4.69, 9.17) is 9.84 Å². The second-order valence-corrected chi connectivity index (χ2v) is 6.33. The first-order chi connectivity index (χ1) is 10.0. The number of amides is 1. The molecule has 2 aliphatic heterocycles. The van der Waals surface area contributed by atoms with Crippen LogP contribution in [0.3, 0.4) is 0 Å². The normalized spacial score (nSPS) is 39.3. The monoisotopic (exact) mass is 323 g/mol. The standard InChI is InChI=1S/C14H20F3NO4/c1-7-8(2)22-9(3)10(7)11(19)18-5-4-13(6-18,12(20)21)14(15,16)17/h7-10H,4-6H2,1-3H3,(H,20,21). The number of halogens is 3. The van der Waals surface area contributed by atoms with Crippen LogP contribution in [0, 0.1) is 17.3 Å². The number of rotatable bonds is 2. The number of hydrogen-bond donors (Lipinski definition) is 1. The fourth-order valence-corrected chi connectivity index (χ4v) is 3.43. The number of carbonyl (C=O) groups excluding carboxylic acids is 1. The molecule has 0 aromatic heterocycles. The Bertz CT molecular complexity index is 481. The van der Waals surface area contributed by atoms with E-state index >= 15 is 0 Å². The molecular formula is C14H20F3NO4. The number of alkyl halides is 3. The summed E-state index contributed by atoms with van der Waals surface area (Å²) >= 11 is 0. The first-order valence-electron chi connectivity index (χ1n) is 7.25. The van der Waals surface area contributed by atoms with Gasteiger partial charge in [-0.15, -0.1) is 0 Å². The molecule has 1 N–H and O–H groups in total.